The smallest absolute Gasteiger partial charge is 0.124 e. The van der Waals surface area contributed by atoms with Gasteiger partial charge in [0.15, 0.2) is 0 Å². The summed E-state index contributed by atoms with van der Waals surface area (Å²) in [4.78, 5) is 5.05. The molecule has 1 aliphatic carbocycles. The Labute approximate surface area is 176 Å². The van der Waals surface area contributed by atoms with Crippen molar-refractivity contribution in [3.05, 3.63) is 69.4 Å². The molecule has 0 bridgehead atoms. The molecule has 150 valence electrons. The second kappa shape index (κ2) is 9.04. The number of nitrogens with zero attached hydrogens (tertiary/aromatic N) is 2. The van der Waals surface area contributed by atoms with E-state index in [0.717, 1.165) is 62.0 Å². The van der Waals surface area contributed by atoms with Crippen molar-refractivity contribution in [1.82, 2.24) is 15.1 Å². The maximum Gasteiger partial charge on any atom is 0.124 e. The molecule has 1 heterocycles. The van der Waals surface area contributed by atoms with Gasteiger partial charge in [-0.05, 0) is 61.7 Å². The van der Waals surface area contributed by atoms with E-state index in [1.165, 1.54) is 11.1 Å². The van der Waals surface area contributed by atoms with Crippen molar-refractivity contribution >= 4 is 15.9 Å². The molecule has 0 radical (unpaired) electrons. The topological polar surface area (TPSA) is 18.5 Å². The van der Waals surface area contributed by atoms with E-state index in [1.807, 2.05) is 0 Å². The normalized spacial score (nSPS) is 23.1. The van der Waals surface area contributed by atoms with E-state index in [1.54, 1.807) is 12.1 Å². The average Bonchev–Trinajstić information content (AvgIpc) is 3.10. The van der Waals surface area contributed by atoms with Gasteiger partial charge in [-0.15, -0.1) is 0 Å². The highest BCUT2D eigenvalue weighted by Crippen LogP contribution is 2.36. The number of rotatable bonds is 6. The predicted octanol–water partition coefficient (Wildman–Crippen LogP) is 4.54. The van der Waals surface area contributed by atoms with E-state index >= 15 is 0 Å². The molecular weight excluding hydrogens is 417 g/mol. The van der Waals surface area contributed by atoms with E-state index in [-0.39, 0.29) is 11.9 Å². The van der Waals surface area contributed by atoms with Crippen molar-refractivity contribution in [3.8, 4) is 0 Å². The molecule has 3 nitrogen and oxygen atoms in total. The largest absolute Gasteiger partial charge is 0.310 e. The van der Waals surface area contributed by atoms with Gasteiger partial charge in [0.25, 0.3) is 0 Å². The summed E-state index contributed by atoms with van der Waals surface area (Å²) in [6.07, 6.45) is 3.18. The van der Waals surface area contributed by atoms with Gasteiger partial charge in [0, 0.05) is 42.7 Å². The van der Waals surface area contributed by atoms with Crippen LogP contribution in [0.15, 0.2) is 46.9 Å². The van der Waals surface area contributed by atoms with Gasteiger partial charge >= 0.3 is 0 Å². The molecule has 0 aromatic heterocycles. The fourth-order valence-corrected chi connectivity index (χ4v) is 5.27. The molecule has 28 heavy (non-hydrogen) atoms. The monoisotopic (exact) mass is 445 g/mol. The molecular formula is C23H29BrFN3. The van der Waals surface area contributed by atoms with Crippen LogP contribution in [0.3, 0.4) is 0 Å². The lowest BCUT2D eigenvalue weighted by atomic mass is 10.0. The van der Waals surface area contributed by atoms with Crippen LogP contribution >= 0.6 is 15.9 Å². The van der Waals surface area contributed by atoms with Gasteiger partial charge < -0.3 is 10.2 Å². The highest BCUT2D eigenvalue weighted by Gasteiger charge is 2.27. The Morgan fingerprint density at radius 2 is 2.00 bits per heavy atom. The van der Waals surface area contributed by atoms with Crippen molar-refractivity contribution in [2.75, 3.05) is 39.8 Å². The Kier molecular flexibility index (Phi) is 6.46. The van der Waals surface area contributed by atoms with Gasteiger partial charge in [-0.2, -0.15) is 0 Å². The lowest BCUT2D eigenvalue weighted by molar-refractivity contribution is 0.0886. The first-order chi connectivity index (χ1) is 13.6. The van der Waals surface area contributed by atoms with Crippen LogP contribution in [-0.4, -0.2) is 49.6 Å². The summed E-state index contributed by atoms with van der Waals surface area (Å²) in [5.41, 5.74) is 3.81. The molecule has 2 aromatic rings. The zero-order chi connectivity index (χ0) is 19.5. The van der Waals surface area contributed by atoms with Gasteiger partial charge in [0.05, 0.1) is 0 Å². The van der Waals surface area contributed by atoms with E-state index in [4.69, 9.17) is 0 Å². The Morgan fingerprint density at radius 3 is 2.82 bits per heavy atom. The van der Waals surface area contributed by atoms with E-state index in [0.29, 0.717) is 6.04 Å². The molecule has 2 unspecified atom stereocenters. The van der Waals surface area contributed by atoms with E-state index in [9.17, 15) is 4.39 Å². The first-order valence-electron chi connectivity index (χ1n) is 10.3. The van der Waals surface area contributed by atoms with Gasteiger partial charge in [0.2, 0.25) is 0 Å². The average molecular weight is 446 g/mol. The summed E-state index contributed by atoms with van der Waals surface area (Å²) in [6.45, 7) is 5.38. The second-order valence-corrected chi connectivity index (χ2v) is 8.93. The second-order valence-electron chi connectivity index (χ2n) is 8.08. The highest BCUT2D eigenvalue weighted by molar-refractivity contribution is 9.10. The van der Waals surface area contributed by atoms with Crippen molar-refractivity contribution < 1.29 is 4.39 Å². The summed E-state index contributed by atoms with van der Waals surface area (Å²) in [5.74, 6) is -0.150. The van der Waals surface area contributed by atoms with Gasteiger partial charge in [0.1, 0.15) is 5.82 Å². The van der Waals surface area contributed by atoms with Crippen LogP contribution in [0, 0.1) is 5.82 Å². The maximum atomic E-state index is 13.8. The number of benzene rings is 2. The predicted molar refractivity (Wildman–Crippen MR) is 116 cm³/mol. The van der Waals surface area contributed by atoms with Crippen LogP contribution in [0.4, 0.5) is 4.39 Å². The molecule has 2 aliphatic rings. The Morgan fingerprint density at radius 1 is 1.18 bits per heavy atom. The summed E-state index contributed by atoms with van der Waals surface area (Å²) < 4.78 is 14.7. The first-order valence-corrected chi connectivity index (χ1v) is 11.1. The third-order valence-corrected chi connectivity index (χ3v) is 6.85. The van der Waals surface area contributed by atoms with Gasteiger partial charge in [-0.1, -0.05) is 46.3 Å². The number of hydrogen-bond donors (Lipinski definition) is 1. The number of piperazine rings is 1. The van der Waals surface area contributed by atoms with Crippen LogP contribution in [0.2, 0.25) is 0 Å². The van der Waals surface area contributed by atoms with Crippen LogP contribution in [-0.2, 0) is 6.42 Å². The number of halogens is 2. The highest BCUT2D eigenvalue weighted by atomic mass is 79.9. The summed E-state index contributed by atoms with van der Waals surface area (Å²) in [6, 6.07) is 14.9. The lowest BCUT2D eigenvalue weighted by Gasteiger charge is -2.40. The van der Waals surface area contributed by atoms with E-state index < -0.39 is 0 Å². The third-order valence-electron chi connectivity index (χ3n) is 6.14. The molecule has 2 atom stereocenters. The Bertz CT molecular complexity index is 798. The van der Waals surface area contributed by atoms with Crippen molar-refractivity contribution in [1.29, 1.82) is 0 Å². The zero-order valence-electron chi connectivity index (χ0n) is 16.5. The summed E-state index contributed by atoms with van der Waals surface area (Å²) in [7, 11) is 2.21. The molecule has 5 heteroatoms. The first kappa shape index (κ1) is 20.0. The van der Waals surface area contributed by atoms with Crippen molar-refractivity contribution in [2.45, 2.75) is 31.3 Å². The summed E-state index contributed by atoms with van der Waals surface area (Å²) >= 11 is 3.51. The Hall–Kier alpha value is -1.27. The standard InChI is InChI=1S/C23H29BrFN3/c1-27-12-13-28(23(16-27)17-6-3-2-4-7-17)11-5-10-26-22-9-8-19-20(22)14-18(25)15-21(19)24/h2-4,6-7,14-15,22-23,26H,5,8-13,16H2,1H3. The third kappa shape index (κ3) is 4.48. The minimum absolute atomic E-state index is 0.150. The minimum atomic E-state index is -0.150. The summed E-state index contributed by atoms with van der Waals surface area (Å²) in [5, 5.41) is 3.67. The van der Waals surface area contributed by atoms with Crippen LogP contribution < -0.4 is 5.32 Å². The molecule has 0 spiro atoms. The molecule has 1 saturated heterocycles. The fourth-order valence-electron chi connectivity index (χ4n) is 4.63. The van der Waals surface area contributed by atoms with E-state index in [2.05, 4.69) is 68.4 Å². The molecule has 0 saturated carbocycles. The zero-order valence-corrected chi connectivity index (χ0v) is 18.1. The number of hydrogen-bond acceptors (Lipinski definition) is 3. The van der Waals surface area contributed by atoms with Crippen LogP contribution in [0.25, 0.3) is 0 Å². The SMILES string of the molecule is CN1CCN(CCCNC2CCc3c(Br)cc(F)cc32)C(c2ccccc2)C1. The molecule has 1 aliphatic heterocycles. The molecule has 0 amide bonds. The number of nitrogens with one attached hydrogen (secondary N) is 1. The maximum absolute atomic E-state index is 13.8. The molecule has 1 fully saturated rings. The molecule has 2 aromatic carbocycles. The number of fused-ring (bicyclic) bond motifs is 1. The minimum Gasteiger partial charge on any atom is -0.310 e. The van der Waals surface area contributed by atoms with Crippen LogP contribution in [0.1, 0.15) is 41.6 Å². The van der Waals surface area contributed by atoms with Gasteiger partial charge in [-0.25, -0.2) is 4.39 Å². The fraction of sp³-hybridized carbons (Fsp3) is 0.478. The quantitative estimate of drug-likeness (QED) is 0.658. The molecule has 4 rings (SSSR count). The Balaban J connectivity index is 1.32. The van der Waals surface area contributed by atoms with Crippen molar-refractivity contribution in [2.24, 2.45) is 0 Å². The van der Waals surface area contributed by atoms with Gasteiger partial charge in [-0.3, -0.25) is 4.90 Å². The van der Waals surface area contributed by atoms with Crippen molar-refractivity contribution in [3.63, 3.8) is 0 Å². The molecule has 1 N–H and O–H groups in total. The van der Waals surface area contributed by atoms with Crippen LogP contribution in [0.5, 0.6) is 0 Å². The number of likely N-dealkylation sites (N-methyl/N-ethyl adjacent to an activating group) is 1. The lowest BCUT2D eigenvalue weighted by Crippen LogP contribution is -2.47.